The van der Waals surface area contributed by atoms with Gasteiger partial charge < -0.3 is 5.11 Å². The van der Waals surface area contributed by atoms with Crippen LogP contribution in [0.5, 0.6) is 0 Å². The van der Waals surface area contributed by atoms with Crippen molar-refractivity contribution < 1.29 is 9.90 Å². The second-order valence-corrected chi connectivity index (χ2v) is 15.2. The Morgan fingerprint density at radius 1 is 0.558 bits per heavy atom. The number of carbonyl (C=O) groups excluding carboxylic acids is 1. The van der Waals surface area contributed by atoms with Crippen LogP contribution in [0.25, 0.3) is 63.3 Å². The van der Waals surface area contributed by atoms with E-state index in [1.165, 1.54) is 68.9 Å². The van der Waals surface area contributed by atoms with Crippen molar-refractivity contribution in [3.63, 3.8) is 0 Å². The Labute approximate surface area is 309 Å². The third kappa shape index (κ3) is 6.11. The zero-order valence-corrected chi connectivity index (χ0v) is 29.8. The molecule has 2 aliphatic rings. The highest BCUT2D eigenvalue weighted by Crippen LogP contribution is 2.41. The van der Waals surface area contributed by atoms with E-state index in [4.69, 9.17) is 0 Å². The van der Waals surface area contributed by atoms with Gasteiger partial charge in [0.25, 0.3) is 0 Å². The SMILES string of the molecule is O=Cc1cccc(-c2cc3c(c(-c4cc5ccccc5s4)c2)CN=C3)c1.OCc1cccc(-c2cc3c(c(-c4cc5ccccc5s4)c2)CN=C3)c1. The summed E-state index contributed by atoms with van der Waals surface area (Å²) in [4.78, 5) is 22.7. The number of carbonyl (C=O) groups is 1. The molecule has 1 N–H and O–H groups in total. The number of rotatable bonds is 6. The number of hydrogen-bond acceptors (Lipinski definition) is 6. The van der Waals surface area contributed by atoms with Crippen LogP contribution in [0.1, 0.15) is 38.2 Å². The number of aldehydes is 1. The molecule has 250 valence electrons. The third-order valence-electron chi connectivity index (χ3n) is 9.71. The first-order valence-electron chi connectivity index (χ1n) is 17.2. The molecule has 0 atom stereocenters. The summed E-state index contributed by atoms with van der Waals surface area (Å²) in [7, 11) is 0. The molecule has 0 fully saturated rings. The second kappa shape index (κ2) is 13.7. The number of hydrogen-bond donors (Lipinski definition) is 1. The Kier molecular flexibility index (Phi) is 8.49. The predicted molar refractivity (Wildman–Crippen MR) is 219 cm³/mol. The molecule has 0 bridgehead atoms. The lowest BCUT2D eigenvalue weighted by atomic mass is 9.94. The van der Waals surface area contributed by atoms with Crippen molar-refractivity contribution in [2.24, 2.45) is 9.98 Å². The van der Waals surface area contributed by atoms with E-state index in [1.54, 1.807) is 0 Å². The van der Waals surface area contributed by atoms with Crippen LogP contribution in [-0.2, 0) is 19.7 Å². The molecule has 0 aliphatic carbocycles. The lowest BCUT2D eigenvalue weighted by Crippen LogP contribution is -1.92. The van der Waals surface area contributed by atoms with Crippen LogP contribution in [-0.4, -0.2) is 23.8 Å². The minimum atomic E-state index is 0.0589. The predicted octanol–water partition coefficient (Wildman–Crippen LogP) is 11.6. The average molecular weight is 709 g/mol. The molecule has 6 heteroatoms. The fourth-order valence-corrected chi connectivity index (χ4v) is 9.30. The van der Waals surface area contributed by atoms with Crippen molar-refractivity contribution in [1.82, 2.24) is 0 Å². The molecule has 0 saturated heterocycles. The molecule has 0 saturated carbocycles. The van der Waals surface area contributed by atoms with Gasteiger partial charge in [-0.2, -0.15) is 0 Å². The highest BCUT2D eigenvalue weighted by molar-refractivity contribution is 7.22. The number of aliphatic hydroxyl groups is 1. The topological polar surface area (TPSA) is 62.0 Å². The van der Waals surface area contributed by atoms with Gasteiger partial charge in [0.1, 0.15) is 6.29 Å². The van der Waals surface area contributed by atoms with E-state index >= 15 is 0 Å². The molecule has 10 rings (SSSR count). The van der Waals surface area contributed by atoms with Gasteiger partial charge in [-0.25, -0.2) is 0 Å². The quantitative estimate of drug-likeness (QED) is 0.175. The van der Waals surface area contributed by atoms with E-state index in [0.29, 0.717) is 5.56 Å². The highest BCUT2D eigenvalue weighted by atomic mass is 32.1. The van der Waals surface area contributed by atoms with Crippen LogP contribution in [0, 0.1) is 0 Å². The van der Waals surface area contributed by atoms with Crippen molar-refractivity contribution >= 4 is 61.6 Å². The van der Waals surface area contributed by atoms with Gasteiger partial charge in [0.15, 0.2) is 0 Å². The van der Waals surface area contributed by atoms with Gasteiger partial charge in [-0.05, 0) is 133 Å². The molecule has 4 heterocycles. The van der Waals surface area contributed by atoms with Crippen LogP contribution >= 0.6 is 22.7 Å². The smallest absolute Gasteiger partial charge is 0.150 e. The second-order valence-electron chi connectivity index (χ2n) is 13.0. The Hall–Kier alpha value is -5.79. The van der Waals surface area contributed by atoms with Gasteiger partial charge in [0.2, 0.25) is 0 Å². The van der Waals surface area contributed by atoms with Gasteiger partial charge in [-0.1, -0.05) is 72.8 Å². The van der Waals surface area contributed by atoms with Crippen LogP contribution in [0.4, 0.5) is 0 Å². The fraction of sp³-hybridized carbons (Fsp3) is 0.0652. The summed E-state index contributed by atoms with van der Waals surface area (Å²) in [5, 5.41) is 12.0. The van der Waals surface area contributed by atoms with Crippen molar-refractivity contribution in [1.29, 1.82) is 0 Å². The first kappa shape index (κ1) is 32.1. The summed E-state index contributed by atoms with van der Waals surface area (Å²) in [5.74, 6) is 0. The number of aliphatic imine (C=N–C) groups is 2. The number of fused-ring (bicyclic) bond motifs is 4. The van der Waals surface area contributed by atoms with E-state index < -0.39 is 0 Å². The zero-order chi connectivity index (χ0) is 35.0. The van der Waals surface area contributed by atoms with Gasteiger partial charge in [-0.15, -0.1) is 22.7 Å². The van der Waals surface area contributed by atoms with Gasteiger partial charge in [0.05, 0.1) is 19.7 Å². The fourth-order valence-electron chi connectivity index (χ4n) is 7.09. The lowest BCUT2D eigenvalue weighted by molar-refractivity contribution is 0.112. The molecular weight excluding hydrogens is 677 g/mol. The summed E-state index contributed by atoms with van der Waals surface area (Å²) in [5.41, 5.74) is 13.6. The molecule has 6 aromatic carbocycles. The van der Waals surface area contributed by atoms with Crippen LogP contribution in [0.15, 0.2) is 143 Å². The molecule has 2 aliphatic heterocycles. The minimum absolute atomic E-state index is 0.0589. The Morgan fingerprint density at radius 3 is 1.63 bits per heavy atom. The van der Waals surface area contributed by atoms with Crippen molar-refractivity contribution in [2.45, 2.75) is 19.7 Å². The molecule has 0 radical (unpaired) electrons. The van der Waals surface area contributed by atoms with Crippen LogP contribution in [0.2, 0.25) is 0 Å². The van der Waals surface area contributed by atoms with Crippen LogP contribution < -0.4 is 0 Å². The van der Waals surface area contributed by atoms with E-state index in [1.807, 2.05) is 65.4 Å². The number of benzene rings is 6. The summed E-state index contributed by atoms with van der Waals surface area (Å²) in [6.07, 6.45) is 4.83. The minimum Gasteiger partial charge on any atom is -0.392 e. The van der Waals surface area contributed by atoms with Gasteiger partial charge >= 0.3 is 0 Å². The van der Waals surface area contributed by atoms with Crippen LogP contribution in [0.3, 0.4) is 0 Å². The largest absolute Gasteiger partial charge is 0.392 e. The first-order chi connectivity index (χ1) is 25.6. The highest BCUT2D eigenvalue weighted by Gasteiger charge is 2.19. The third-order valence-corrected chi connectivity index (χ3v) is 12.0. The van der Waals surface area contributed by atoms with E-state index in [0.717, 1.165) is 41.6 Å². The summed E-state index contributed by atoms with van der Waals surface area (Å²) >= 11 is 3.65. The summed E-state index contributed by atoms with van der Waals surface area (Å²) in [6.45, 7) is 1.53. The molecule has 4 nitrogen and oxygen atoms in total. The average Bonchev–Trinajstić information content (AvgIpc) is 4.03. The molecule has 8 aromatic rings. The van der Waals surface area contributed by atoms with Gasteiger partial charge in [0, 0.05) is 37.1 Å². The maximum atomic E-state index is 11.1. The maximum Gasteiger partial charge on any atom is 0.150 e. The first-order valence-corrected chi connectivity index (χ1v) is 18.8. The number of aliphatic hydroxyl groups excluding tert-OH is 1. The van der Waals surface area contributed by atoms with Crippen molar-refractivity contribution in [2.75, 3.05) is 0 Å². The molecule has 52 heavy (non-hydrogen) atoms. The zero-order valence-electron chi connectivity index (χ0n) is 28.1. The van der Waals surface area contributed by atoms with E-state index in [2.05, 4.69) is 113 Å². The monoisotopic (exact) mass is 708 g/mol. The molecule has 0 spiro atoms. The Balaban J connectivity index is 0.000000138. The number of nitrogens with zero attached hydrogens (tertiary/aromatic N) is 2. The molecule has 2 aromatic heterocycles. The van der Waals surface area contributed by atoms with E-state index in [9.17, 15) is 9.90 Å². The van der Waals surface area contributed by atoms with E-state index in [-0.39, 0.29) is 6.61 Å². The van der Waals surface area contributed by atoms with Crippen molar-refractivity contribution in [3.05, 3.63) is 167 Å². The summed E-state index contributed by atoms with van der Waals surface area (Å²) in [6, 6.07) is 46.3. The van der Waals surface area contributed by atoms with Gasteiger partial charge in [-0.3, -0.25) is 14.8 Å². The maximum absolute atomic E-state index is 11.1. The Morgan fingerprint density at radius 2 is 1.10 bits per heavy atom. The summed E-state index contributed by atoms with van der Waals surface area (Å²) < 4.78 is 2.60. The molecule has 0 amide bonds. The lowest BCUT2D eigenvalue weighted by Gasteiger charge is -2.11. The normalized spacial score (nSPS) is 12.6. The van der Waals surface area contributed by atoms with Crippen molar-refractivity contribution in [3.8, 4) is 43.1 Å². The molecule has 0 unspecified atom stereocenters. The number of thiophene rings is 2. The Bertz CT molecular complexity index is 2650. The molecular formula is C46H32N2O2S2. The standard InChI is InChI=1S/C23H17NOS.C23H15NOS/c2*25-14-15-4-3-6-16(8-15)18-9-19-12-24-13-21(19)20(10-18)23-11-17-5-1-2-7-22(17)26-23/h1-12,25H,13-14H2;1-12,14H,13H2.